The summed E-state index contributed by atoms with van der Waals surface area (Å²) in [5.74, 6) is 0.684. The molecule has 0 radical (unpaired) electrons. The van der Waals surface area contributed by atoms with Gasteiger partial charge < -0.3 is 5.73 Å². The first kappa shape index (κ1) is 11.7. The number of benzene rings is 1. The second-order valence-electron chi connectivity index (χ2n) is 4.98. The van der Waals surface area contributed by atoms with Crippen molar-refractivity contribution in [1.29, 1.82) is 0 Å². The molecule has 1 saturated carbocycles. The number of aromatic nitrogens is 1. The summed E-state index contributed by atoms with van der Waals surface area (Å²) in [6.45, 7) is 2.18. The quantitative estimate of drug-likeness (QED) is 0.907. The van der Waals surface area contributed by atoms with Gasteiger partial charge in [-0.05, 0) is 30.4 Å². The lowest BCUT2D eigenvalue weighted by Crippen LogP contribution is -1.91. The van der Waals surface area contributed by atoms with E-state index in [-0.39, 0.29) is 0 Å². The van der Waals surface area contributed by atoms with Crippen LogP contribution in [0.2, 0.25) is 0 Å². The Kier molecular flexibility index (Phi) is 3.08. The number of rotatable bonds is 4. The van der Waals surface area contributed by atoms with Crippen LogP contribution >= 0.6 is 11.3 Å². The number of nitrogen functional groups attached to an aromatic ring is 1. The number of hydrogen-bond donors (Lipinski definition) is 1. The molecular formula is C15H18N2S. The molecule has 1 fully saturated rings. The van der Waals surface area contributed by atoms with E-state index < -0.39 is 0 Å². The van der Waals surface area contributed by atoms with Crippen LogP contribution in [0.1, 0.15) is 47.4 Å². The van der Waals surface area contributed by atoms with Gasteiger partial charge in [0.05, 0.1) is 5.69 Å². The molecule has 1 aromatic carbocycles. The van der Waals surface area contributed by atoms with Crippen molar-refractivity contribution >= 4 is 16.5 Å². The van der Waals surface area contributed by atoms with Crippen molar-refractivity contribution in [2.24, 2.45) is 0 Å². The molecule has 94 valence electrons. The molecule has 0 unspecified atom stereocenters. The molecule has 0 bridgehead atoms. The van der Waals surface area contributed by atoms with E-state index in [0.29, 0.717) is 5.92 Å². The molecule has 2 aromatic rings. The normalized spacial score (nSPS) is 14.9. The molecule has 1 aliphatic rings. The van der Waals surface area contributed by atoms with Gasteiger partial charge in [-0.25, -0.2) is 4.98 Å². The Morgan fingerprint density at radius 1 is 1.22 bits per heavy atom. The van der Waals surface area contributed by atoms with Gasteiger partial charge in [-0.15, -0.1) is 11.3 Å². The van der Waals surface area contributed by atoms with Crippen molar-refractivity contribution < 1.29 is 0 Å². The van der Waals surface area contributed by atoms with Crippen molar-refractivity contribution in [3.05, 3.63) is 46.0 Å². The van der Waals surface area contributed by atoms with E-state index in [9.17, 15) is 0 Å². The van der Waals surface area contributed by atoms with Gasteiger partial charge in [0.2, 0.25) is 0 Å². The summed E-state index contributed by atoms with van der Waals surface area (Å²) in [5, 5.41) is 0.720. The molecule has 0 aliphatic heterocycles. The van der Waals surface area contributed by atoms with Crippen LogP contribution in [0, 0.1) is 0 Å². The molecular weight excluding hydrogens is 240 g/mol. The molecule has 1 heterocycles. The third-order valence-electron chi connectivity index (χ3n) is 3.50. The highest BCUT2D eigenvalue weighted by molar-refractivity contribution is 7.15. The van der Waals surface area contributed by atoms with Gasteiger partial charge in [0.15, 0.2) is 5.13 Å². The summed E-state index contributed by atoms with van der Waals surface area (Å²) in [6, 6.07) is 8.89. The highest BCUT2D eigenvalue weighted by atomic mass is 32.1. The molecule has 1 aromatic heterocycles. The fourth-order valence-corrected chi connectivity index (χ4v) is 3.22. The second-order valence-corrected chi connectivity index (χ2v) is 6.10. The number of hydrogen-bond acceptors (Lipinski definition) is 3. The molecule has 3 heteroatoms. The maximum absolute atomic E-state index is 5.85. The monoisotopic (exact) mass is 258 g/mol. The number of nitrogens with two attached hydrogens (primary N) is 1. The molecule has 3 rings (SSSR count). The van der Waals surface area contributed by atoms with Crippen LogP contribution in [0.15, 0.2) is 24.3 Å². The second kappa shape index (κ2) is 4.73. The van der Waals surface area contributed by atoms with Crippen LogP contribution in [-0.4, -0.2) is 4.98 Å². The minimum Gasteiger partial charge on any atom is -0.375 e. The van der Waals surface area contributed by atoms with Crippen molar-refractivity contribution in [2.45, 2.75) is 38.5 Å². The van der Waals surface area contributed by atoms with Crippen LogP contribution in [0.4, 0.5) is 5.13 Å². The third-order valence-corrected chi connectivity index (χ3v) is 4.40. The summed E-state index contributed by atoms with van der Waals surface area (Å²) >= 11 is 1.65. The molecule has 18 heavy (non-hydrogen) atoms. The zero-order valence-corrected chi connectivity index (χ0v) is 11.5. The Hall–Kier alpha value is -1.35. The first-order chi connectivity index (χ1) is 8.76. The van der Waals surface area contributed by atoms with Crippen molar-refractivity contribution in [2.75, 3.05) is 5.73 Å². The molecule has 0 saturated heterocycles. The van der Waals surface area contributed by atoms with E-state index in [0.717, 1.165) is 18.0 Å². The van der Waals surface area contributed by atoms with E-state index >= 15 is 0 Å². The Morgan fingerprint density at radius 2 is 1.89 bits per heavy atom. The fraction of sp³-hybridized carbons (Fsp3) is 0.400. The van der Waals surface area contributed by atoms with Gasteiger partial charge in [0, 0.05) is 17.2 Å². The van der Waals surface area contributed by atoms with Crippen molar-refractivity contribution in [3.63, 3.8) is 0 Å². The van der Waals surface area contributed by atoms with Gasteiger partial charge in [-0.3, -0.25) is 0 Å². The van der Waals surface area contributed by atoms with E-state index in [1.54, 1.807) is 11.3 Å². The third kappa shape index (κ3) is 2.41. The lowest BCUT2D eigenvalue weighted by molar-refractivity contribution is 1.01. The topological polar surface area (TPSA) is 38.9 Å². The fourth-order valence-electron chi connectivity index (χ4n) is 2.26. The highest BCUT2D eigenvalue weighted by Crippen LogP contribution is 2.43. The Bertz CT molecular complexity index is 538. The molecule has 2 N–H and O–H groups in total. The number of anilines is 1. The lowest BCUT2D eigenvalue weighted by Gasteiger charge is -2.03. The van der Waals surface area contributed by atoms with Gasteiger partial charge >= 0.3 is 0 Å². The zero-order chi connectivity index (χ0) is 12.5. The van der Waals surface area contributed by atoms with E-state index in [4.69, 9.17) is 5.73 Å². The van der Waals surface area contributed by atoms with Gasteiger partial charge in [-0.1, -0.05) is 31.2 Å². The van der Waals surface area contributed by atoms with Crippen molar-refractivity contribution in [1.82, 2.24) is 4.98 Å². The SMILES string of the molecule is CCc1ccc(Cc2sc(N)nc2C2CC2)cc1. The van der Waals surface area contributed by atoms with Gasteiger partial charge in [-0.2, -0.15) is 0 Å². The predicted molar refractivity (Wildman–Crippen MR) is 77.1 cm³/mol. The predicted octanol–water partition coefficient (Wildman–Crippen LogP) is 3.76. The molecule has 0 amide bonds. The molecule has 0 spiro atoms. The zero-order valence-electron chi connectivity index (χ0n) is 10.6. The first-order valence-corrected chi connectivity index (χ1v) is 7.40. The van der Waals surface area contributed by atoms with Crippen LogP contribution in [-0.2, 0) is 12.8 Å². The summed E-state index contributed by atoms with van der Waals surface area (Å²) in [4.78, 5) is 5.86. The number of aryl methyl sites for hydroxylation is 1. The summed E-state index contributed by atoms with van der Waals surface area (Å²) in [7, 11) is 0. The van der Waals surface area contributed by atoms with Gasteiger partial charge in [0.1, 0.15) is 0 Å². The minimum atomic E-state index is 0.684. The smallest absolute Gasteiger partial charge is 0.180 e. The van der Waals surface area contributed by atoms with Crippen molar-refractivity contribution in [3.8, 4) is 0 Å². The summed E-state index contributed by atoms with van der Waals surface area (Å²) in [6.07, 6.45) is 4.64. The van der Waals surface area contributed by atoms with Crippen LogP contribution in [0.25, 0.3) is 0 Å². The van der Waals surface area contributed by atoms with Crippen LogP contribution in [0.3, 0.4) is 0 Å². The average Bonchev–Trinajstić information content (AvgIpc) is 3.15. The first-order valence-electron chi connectivity index (χ1n) is 6.59. The van der Waals surface area contributed by atoms with E-state index in [1.807, 2.05) is 0 Å². The lowest BCUT2D eigenvalue weighted by atomic mass is 10.1. The minimum absolute atomic E-state index is 0.684. The molecule has 2 nitrogen and oxygen atoms in total. The molecule has 1 aliphatic carbocycles. The number of thiazole rings is 1. The summed E-state index contributed by atoms with van der Waals surface area (Å²) in [5.41, 5.74) is 9.87. The van der Waals surface area contributed by atoms with E-state index in [2.05, 4.69) is 36.2 Å². The van der Waals surface area contributed by atoms with Gasteiger partial charge in [0.25, 0.3) is 0 Å². The highest BCUT2D eigenvalue weighted by Gasteiger charge is 2.29. The maximum Gasteiger partial charge on any atom is 0.180 e. The largest absolute Gasteiger partial charge is 0.375 e. The summed E-state index contributed by atoms with van der Waals surface area (Å²) < 4.78 is 0. The Balaban J connectivity index is 1.82. The number of nitrogens with zero attached hydrogens (tertiary/aromatic N) is 1. The van der Waals surface area contributed by atoms with Crippen LogP contribution < -0.4 is 5.73 Å². The maximum atomic E-state index is 5.85. The Labute approximate surface area is 112 Å². The van der Waals surface area contributed by atoms with E-state index in [1.165, 1.54) is 34.5 Å². The Morgan fingerprint density at radius 3 is 2.50 bits per heavy atom. The standard InChI is InChI=1S/C15H18N2S/c1-2-10-3-5-11(6-4-10)9-13-14(12-7-8-12)17-15(16)18-13/h3-6,12H,2,7-9H2,1H3,(H2,16,17). The molecule has 0 atom stereocenters. The van der Waals surface area contributed by atoms with Crippen LogP contribution in [0.5, 0.6) is 0 Å². The average molecular weight is 258 g/mol.